The van der Waals surface area contributed by atoms with Gasteiger partial charge in [0.05, 0.1) is 6.20 Å². The van der Waals surface area contributed by atoms with E-state index in [0.29, 0.717) is 11.8 Å². The van der Waals surface area contributed by atoms with Crippen LogP contribution in [-0.2, 0) is 6.42 Å². The van der Waals surface area contributed by atoms with Gasteiger partial charge in [-0.05, 0) is 42.9 Å². The Hall–Kier alpha value is -0.500. The van der Waals surface area contributed by atoms with Gasteiger partial charge in [0, 0.05) is 18.2 Å². The molecule has 16 heavy (non-hydrogen) atoms. The molecule has 0 aromatic carbocycles. The molecule has 1 heterocycles. The highest BCUT2D eigenvalue weighted by Crippen LogP contribution is 2.73. The summed E-state index contributed by atoms with van der Waals surface area (Å²) in [6, 6.07) is 0. The van der Waals surface area contributed by atoms with Crippen LogP contribution in [0.4, 0.5) is 0 Å². The Morgan fingerprint density at radius 2 is 2.06 bits per heavy atom. The van der Waals surface area contributed by atoms with Gasteiger partial charge in [-0.3, -0.25) is 0 Å². The summed E-state index contributed by atoms with van der Waals surface area (Å²) in [5.74, 6) is 7.16. The highest BCUT2D eigenvalue weighted by molar-refractivity contribution is 6.17. The van der Waals surface area contributed by atoms with Gasteiger partial charge in [0.2, 0.25) is 0 Å². The van der Waals surface area contributed by atoms with Crippen LogP contribution in [-0.4, -0.2) is 10.9 Å². The summed E-state index contributed by atoms with van der Waals surface area (Å²) in [5.41, 5.74) is 0. The average Bonchev–Trinajstić information content (AvgIpc) is 2.73. The number of aryl methyl sites for hydroxylation is 1. The lowest BCUT2D eigenvalue weighted by Gasteiger charge is -2.05. The zero-order valence-corrected chi connectivity index (χ0v) is 9.99. The highest BCUT2D eigenvalue weighted by Gasteiger charge is 2.66. The molecule has 4 unspecified atom stereocenters. The summed E-state index contributed by atoms with van der Waals surface area (Å²) in [6.07, 6.45) is 7.13. The SMILES string of the molecule is ClCCc1ncc(C2C3C4CCC(C4)C23)o1. The van der Waals surface area contributed by atoms with Gasteiger partial charge in [-0.15, -0.1) is 11.6 Å². The van der Waals surface area contributed by atoms with Crippen LogP contribution in [0.2, 0.25) is 0 Å². The Bertz CT molecular complexity index is 400. The van der Waals surface area contributed by atoms with Gasteiger partial charge >= 0.3 is 0 Å². The molecule has 0 amide bonds. The normalized spacial score (nSPS) is 43.7. The van der Waals surface area contributed by atoms with E-state index in [9.17, 15) is 0 Å². The van der Waals surface area contributed by atoms with Crippen molar-refractivity contribution in [1.82, 2.24) is 4.98 Å². The van der Waals surface area contributed by atoms with E-state index in [0.717, 1.165) is 41.7 Å². The maximum absolute atomic E-state index is 5.81. The molecule has 2 nitrogen and oxygen atoms in total. The van der Waals surface area contributed by atoms with E-state index in [4.69, 9.17) is 16.0 Å². The summed E-state index contributed by atoms with van der Waals surface area (Å²) in [4.78, 5) is 4.31. The monoisotopic (exact) mass is 237 g/mol. The van der Waals surface area contributed by atoms with Crippen LogP contribution in [0, 0.1) is 23.7 Å². The van der Waals surface area contributed by atoms with Gasteiger partial charge in [-0.1, -0.05) is 0 Å². The lowest BCUT2D eigenvalue weighted by molar-refractivity contribution is 0.420. The van der Waals surface area contributed by atoms with Gasteiger partial charge < -0.3 is 4.42 Å². The molecule has 3 fully saturated rings. The third-order valence-electron chi connectivity index (χ3n) is 4.94. The number of rotatable bonds is 3. The average molecular weight is 238 g/mol. The fourth-order valence-corrected chi connectivity index (χ4v) is 4.54. The van der Waals surface area contributed by atoms with Gasteiger partial charge in [0.1, 0.15) is 5.76 Å². The van der Waals surface area contributed by atoms with Crippen LogP contribution < -0.4 is 0 Å². The van der Waals surface area contributed by atoms with Crippen LogP contribution in [0.1, 0.15) is 36.8 Å². The van der Waals surface area contributed by atoms with Crippen molar-refractivity contribution >= 4 is 11.6 Å². The molecule has 3 saturated carbocycles. The van der Waals surface area contributed by atoms with E-state index >= 15 is 0 Å². The van der Waals surface area contributed by atoms with E-state index in [2.05, 4.69) is 4.98 Å². The second kappa shape index (κ2) is 3.25. The first kappa shape index (κ1) is 9.52. The minimum absolute atomic E-state index is 0.600. The number of fused-ring (bicyclic) bond motifs is 5. The minimum atomic E-state index is 0.600. The standard InChI is InChI=1S/C13H16ClNO/c14-4-3-10-15-6-9(16-10)13-11-7-1-2-8(5-7)12(11)13/h6-8,11-13H,1-5H2. The van der Waals surface area contributed by atoms with E-state index in [-0.39, 0.29) is 0 Å². The van der Waals surface area contributed by atoms with Crippen LogP contribution in [0.15, 0.2) is 10.6 Å². The first-order valence-electron chi connectivity index (χ1n) is 6.39. The van der Waals surface area contributed by atoms with Crippen molar-refractivity contribution in [2.45, 2.75) is 31.6 Å². The van der Waals surface area contributed by atoms with Gasteiger partial charge in [0.15, 0.2) is 5.89 Å². The van der Waals surface area contributed by atoms with Crippen LogP contribution >= 0.6 is 11.6 Å². The first-order chi connectivity index (χ1) is 7.88. The number of hydrogen-bond acceptors (Lipinski definition) is 2. The summed E-state index contributed by atoms with van der Waals surface area (Å²) >= 11 is 5.69. The van der Waals surface area contributed by atoms with Crippen molar-refractivity contribution in [1.29, 1.82) is 0 Å². The third kappa shape index (κ3) is 1.17. The molecule has 3 aliphatic carbocycles. The molecule has 1 aromatic heterocycles. The Labute approximate surface area is 100 Å². The summed E-state index contributed by atoms with van der Waals surface area (Å²) in [6.45, 7) is 0. The van der Waals surface area contributed by atoms with Gasteiger partial charge in [-0.2, -0.15) is 0 Å². The number of aromatic nitrogens is 1. The quantitative estimate of drug-likeness (QED) is 0.755. The Morgan fingerprint density at radius 3 is 2.75 bits per heavy atom. The molecule has 3 heteroatoms. The zero-order valence-electron chi connectivity index (χ0n) is 9.23. The van der Waals surface area contributed by atoms with Gasteiger partial charge in [-0.25, -0.2) is 4.98 Å². The van der Waals surface area contributed by atoms with Crippen molar-refractivity contribution in [3.05, 3.63) is 17.8 Å². The van der Waals surface area contributed by atoms with E-state index in [1.165, 1.54) is 19.3 Å². The molecule has 1 aromatic rings. The third-order valence-corrected chi connectivity index (χ3v) is 5.13. The fraction of sp³-hybridized carbons (Fsp3) is 0.769. The zero-order chi connectivity index (χ0) is 10.7. The Balaban J connectivity index is 1.55. The molecular weight excluding hydrogens is 222 g/mol. The lowest BCUT2D eigenvalue weighted by atomic mass is 10.0. The molecular formula is C13H16ClNO. The topological polar surface area (TPSA) is 26.0 Å². The predicted molar refractivity (Wildman–Crippen MR) is 61.5 cm³/mol. The van der Waals surface area contributed by atoms with Crippen molar-refractivity contribution in [2.24, 2.45) is 23.7 Å². The molecule has 3 aliphatic rings. The van der Waals surface area contributed by atoms with E-state index < -0.39 is 0 Å². The van der Waals surface area contributed by atoms with Crippen LogP contribution in [0.3, 0.4) is 0 Å². The molecule has 0 aliphatic heterocycles. The lowest BCUT2D eigenvalue weighted by Crippen LogP contribution is -1.96. The number of oxazole rings is 1. The minimum Gasteiger partial charge on any atom is -0.445 e. The molecule has 4 atom stereocenters. The second-order valence-corrected chi connectivity index (χ2v) is 5.99. The smallest absolute Gasteiger partial charge is 0.195 e. The number of nitrogens with zero attached hydrogens (tertiary/aromatic N) is 1. The molecule has 4 rings (SSSR count). The summed E-state index contributed by atoms with van der Waals surface area (Å²) in [7, 11) is 0. The number of alkyl halides is 1. The maximum Gasteiger partial charge on any atom is 0.195 e. The predicted octanol–water partition coefficient (Wildman–Crippen LogP) is 3.22. The Kier molecular flexibility index (Phi) is 1.94. The van der Waals surface area contributed by atoms with Crippen molar-refractivity contribution in [2.75, 3.05) is 5.88 Å². The van der Waals surface area contributed by atoms with Crippen LogP contribution in [0.25, 0.3) is 0 Å². The van der Waals surface area contributed by atoms with E-state index in [1.54, 1.807) is 0 Å². The molecule has 2 bridgehead atoms. The fourth-order valence-electron chi connectivity index (χ4n) is 4.38. The largest absolute Gasteiger partial charge is 0.445 e. The van der Waals surface area contributed by atoms with E-state index in [1.807, 2.05) is 6.20 Å². The molecule has 86 valence electrons. The second-order valence-electron chi connectivity index (χ2n) is 5.61. The molecule has 0 N–H and O–H groups in total. The maximum atomic E-state index is 5.81. The Morgan fingerprint density at radius 1 is 1.31 bits per heavy atom. The number of halogens is 1. The first-order valence-corrected chi connectivity index (χ1v) is 6.92. The summed E-state index contributed by atoms with van der Waals surface area (Å²) < 4.78 is 5.81. The van der Waals surface area contributed by atoms with Crippen molar-refractivity contribution in [3.63, 3.8) is 0 Å². The van der Waals surface area contributed by atoms with Crippen molar-refractivity contribution in [3.8, 4) is 0 Å². The molecule has 0 spiro atoms. The molecule has 0 radical (unpaired) electrons. The summed E-state index contributed by atoms with van der Waals surface area (Å²) in [5, 5.41) is 0. The van der Waals surface area contributed by atoms with Gasteiger partial charge in [0.25, 0.3) is 0 Å². The molecule has 0 saturated heterocycles. The number of hydrogen-bond donors (Lipinski definition) is 0. The van der Waals surface area contributed by atoms with Crippen molar-refractivity contribution < 1.29 is 4.42 Å². The van der Waals surface area contributed by atoms with Crippen LogP contribution in [0.5, 0.6) is 0 Å². The highest BCUT2D eigenvalue weighted by atomic mass is 35.5.